The van der Waals surface area contributed by atoms with E-state index in [1.165, 1.54) is 12.1 Å². The molecule has 1 amide bonds. The second kappa shape index (κ2) is 7.64. The van der Waals surface area contributed by atoms with Crippen LogP contribution in [0.4, 0.5) is 18.0 Å². The van der Waals surface area contributed by atoms with Gasteiger partial charge in [-0.3, -0.25) is 4.90 Å². The lowest BCUT2D eigenvalue weighted by atomic mass is 10.1. The van der Waals surface area contributed by atoms with Gasteiger partial charge in [-0.05, 0) is 38.8 Å². The summed E-state index contributed by atoms with van der Waals surface area (Å²) in [5.74, 6) is 0. The Bertz CT molecular complexity index is 597. The Hall–Kier alpha value is -1.76. The zero-order valence-corrected chi connectivity index (χ0v) is 14.9. The van der Waals surface area contributed by atoms with Crippen LogP contribution in [0.1, 0.15) is 38.3 Å². The minimum atomic E-state index is -4.33. The van der Waals surface area contributed by atoms with E-state index in [-0.39, 0.29) is 6.09 Å². The number of carbonyl (C=O) groups is 1. The molecule has 0 N–H and O–H groups in total. The molecule has 1 aromatic carbocycles. The molecule has 0 aliphatic carbocycles. The Morgan fingerprint density at radius 3 is 2.48 bits per heavy atom. The maximum Gasteiger partial charge on any atom is 0.416 e. The normalized spacial score (nSPS) is 17.3. The van der Waals surface area contributed by atoms with Gasteiger partial charge in [-0.15, -0.1) is 0 Å². The molecule has 1 heterocycles. The first kappa shape index (κ1) is 19.6. The topological polar surface area (TPSA) is 32.8 Å². The molecule has 1 aliphatic rings. The number of alkyl halides is 3. The quantitative estimate of drug-likeness (QED) is 0.796. The van der Waals surface area contributed by atoms with Gasteiger partial charge in [-0.2, -0.15) is 13.2 Å². The van der Waals surface area contributed by atoms with E-state index in [0.717, 1.165) is 19.0 Å². The second-order valence-electron chi connectivity index (χ2n) is 7.30. The number of nitrogens with zero attached hydrogens (tertiary/aromatic N) is 2. The summed E-state index contributed by atoms with van der Waals surface area (Å²) in [4.78, 5) is 15.9. The summed E-state index contributed by atoms with van der Waals surface area (Å²) in [6.07, 6.45) is -3.91. The molecule has 0 radical (unpaired) electrons. The van der Waals surface area contributed by atoms with Gasteiger partial charge in [-0.25, -0.2) is 4.79 Å². The van der Waals surface area contributed by atoms with Gasteiger partial charge in [-0.1, -0.05) is 18.2 Å². The zero-order valence-electron chi connectivity index (χ0n) is 14.9. The average molecular weight is 358 g/mol. The molecule has 1 aromatic rings. The zero-order chi connectivity index (χ0) is 18.7. The van der Waals surface area contributed by atoms with Crippen LogP contribution in [0.3, 0.4) is 0 Å². The Labute approximate surface area is 146 Å². The largest absolute Gasteiger partial charge is 0.444 e. The Kier molecular flexibility index (Phi) is 5.98. The number of carbonyl (C=O) groups excluding carboxylic acids is 1. The van der Waals surface area contributed by atoms with Crippen molar-refractivity contribution in [3.63, 3.8) is 0 Å². The molecule has 1 fully saturated rings. The number of ether oxygens (including phenoxy) is 1. The molecule has 4 nitrogen and oxygen atoms in total. The van der Waals surface area contributed by atoms with Gasteiger partial charge in [0.2, 0.25) is 0 Å². The fraction of sp³-hybridized carbons (Fsp3) is 0.611. The molecule has 0 aromatic heterocycles. The molecule has 0 unspecified atom stereocenters. The van der Waals surface area contributed by atoms with Crippen molar-refractivity contribution < 1.29 is 22.7 Å². The Morgan fingerprint density at radius 1 is 1.12 bits per heavy atom. The highest BCUT2D eigenvalue weighted by atomic mass is 19.4. The molecular formula is C18H25F3N2O2. The van der Waals surface area contributed by atoms with Crippen molar-refractivity contribution >= 4 is 6.09 Å². The molecular weight excluding hydrogens is 333 g/mol. The van der Waals surface area contributed by atoms with E-state index < -0.39 is 17.3 Å². The van der Waals surface area contributed by atoms with Gasteiger partial charge < -0.3 is 9.64 Å². The first-order chi connectivity index (χ1) is 11.5. The van der Waals surface area contributed by atoms with Crippen LogP contribution in [0.2, 0.25) is 0 Å². The highest BCUT2D eigenvalue weighted by Crippen LogP contribution is 2.29. The summed E-state index contributed by atoms with van der Waals surface area (Å²) in [6, 6.07) is 5.40. The van der Waals surface area contributed by atoms with Crippen LogP contribution < -0.4 is 0 Å². The number of amides is 1. The summed E-state index contributed by atoms with van der Waals surface area (Å²) in [7, 11) is 0. The van der Waals surface area contributed by atoms with Gasteiger partial charge in [0.05, 0.1) is 5.56 Å². The van der Waals surface area contributed by atoms with Gasteiger partial charge in [0, 0.05) is 32.7 Å². The molecule has 0 saturated carbocycles. The molecule has 7 heteroatoms. The van der Waals surface area contributed by atoms with Gasteiger partial charge in [0.1, 0.15) is 5.60 Å². The van der Waals surface area contributed by atoms with E-state index in [9.17, 15) is 18.0 Å². The number of rotatable bonds is 2. The van der Waals surface area contributed by atoms with E-state index in [1.54, 1.807) is 11.0 Å². The van der Waals surface area contributed by atoms with E-state index >= 15 is 0 Å². The van der Waals surface area contributed by atoms with E-state index in [1.807, 2.05) is 20.8 Å². The van der Waals surface area contributed by atoms with Crippen LogP contribution in [0, 0.1) is 0 Å². The highest BCUT2D eigenvalue weighted by molar-refractivity contribution is 5.68. The van der Waals surface area contributed by atoms with Crippen molar-refractivity contribution in [1.29, 1.82) is 0 Å². The lowest BCUT2D eigenvalue weighted by Crippen LogP contribution is -2.39. The highest BCUT2D eigenvalue weighted by Gasteiger charge is 2.30. The Balaban J connectivity index is 1.94. The van der Waals surface area contributed by atoms with Crippen molar-refractivity contribution in [3.8, 4) is 0 Å². The van der Waals surface area contributed by atoms with Crippen LogP contribution in [-0.2, 0) is 17.5 Å². The number of hydrogen-bond donors (Lipinski definition) is 0. The van der Waals surface area contributed by atoms with Crippen LogP contribution in [-0.4, -0.2) is 47.7 Å². The molecule has 2 rings (SSSR count). The van der Waals surface area contributed by atoms with E-state index in [2.05, 4.69) is 4.90 Å². The fourth-order valence-electron chi connectivity index (χ4n) is 2.74. The third kappa shape index (κ3) is 6.23. The minimum absolute atomic E-state index is 0.339. The van der Waals surface area contributed by atoms with Crippen molar-refractivity contribution in [3.05, 3.63) is 35.4 Å². The fourth-order valence-corrected chi connectivity index (χ4v) is 2.74. The molecule has 0 bridgehead atoms. The first-order valence-corrected chi connectivity index (χ1v) is 8.41. The van der Waals surface area contributed by atoms with Gasteiger partial charge in [0.25, 0.3) is 0 Å². The monoisotopic (exact) mass is 358 g/mol. The van der Waals surface area contributed by atoms with Gasteiger partial charge >= 0.3 is 12.3 Å². The lowest BCUT2D eigenvalue weighted by molar-refractivity contribution is -0.137. The molecule has 1 saturated heterocycles. The summed E-state index contributed by atoms with van der Waals surface area (Å²) in [5, 5.41) is 0. The predicted octanol–water partition coefficient (Wildman–Crippen LogP) is 4.15. The van der Waals surface area contributed by atoms with Crippen molar-refractivity contribution in [1.82, 2.24) is 9.80 Å². The number of benzene rings is 1. The average Bonchev–Trinajstić information content (AvgIpc) is 2.70. The summed E-state index contributed by atoms with van der Waals surface area (Å²) < 4.78 is 43.8. The maximum atomic E-state index is 12.8. The van der Waals surface area contributed by atoms with Crippen molar-refractivity contribution in [2.75, 3.05) is 26.2 Å². The Morgan fingerprint density at radius 2 is 1.84 bits per heavy atom. The summed E-state index contributed by atoms with van der Waals surface area (Å²) >= 11 is 0. The van der Waals surface area contributed by atoms with Crippen molar-refractivity contribution in [2.45, 2.75) is 45.5 Å². The summed E-state index contributed by atoms with van der Waals surface area (Å²) in [5.41, 5.74) is -0.545. The van der Waals surface area contributed by atoms with Crippen LogP contribution >= 0.6 is 0 Å². The lowest BCUT2D eigenvalue weighted by Gasteiger charge is -2.26. The molecule has 140 valence electrons. The second-order valence-corrected chi connectivity index (χ2v) is 7.30. The van der Waals surface area contributed by atoms with Gasteiger partial charge in [0.15, 0.2) is 0 Å². The molecule has 1 aliphatic heterocycles. The number of halogens is 3. The third-order valence-electron chi connectivity index (χ3n) is 3.90. The predicted molar refractivity (Wildman–Crippen MR) is 89.1 cm³/mol. The van der Waals surface area contributed by atoms with Crippen molar-refractivity contribution in [2.24, 2.45) is 0 Å². The van der Waals surface area contributed by atoms with E-state index in [0.29, 0.717) is 31.7 Å². The van der Waals surface area contributed by atoms with Crippen LogP contribution in [0.15, 0.2) is 24.3 Å². The smallest absolute Gasteiger partial charge is 0.416 e. The summed E-state index contributed by atoms with van der Waals surface area (Å²) in [6.45, 7) is 8.34. The van der Waals surface area contributed by atoms with E-state index in [4.69, 9.17) is 4.74 Å². The molecule has 25 heavy (non-hydrogen) atoms. The number of hydrogen-bond acceptors (Lipinski definition) is 3. The van der Waals surface area contributed by atoms with Crippen LogP contribution in [0.25, 0.3) is 0 Å². The van der Waals surface area contributed by atoms with Crippen LogP contribution in [0.5, 0.6) is 0 Å². The minimum Gasteiger partial charge on any atom is -0.444 e. The molecule has 0 spiro atoms. The standard InChI is InChI=1S/C18H25F3N2O2/c1-17(2,3)25-16(24)23-9-5-8-22(10-11-23)13-14-6-4-7-15(12-14)18(19,20)21/h4,6-7,12H,5,8-11,13H2,1-3H3. The SMILES string of the molecule is CC(C)(C)OC(=O)N1CCCN(Cc2cccc(C(F)(F)F)c2)CC1. The first-order valence-electron chi connectivity index (χ1n) is 8.41. The third-order valence-corrected chi connectivity index (χ3v) is 3.90. The maximum absolute atomic E-state index is 12.8. The molecule has 0 atom stereocenters.